The van der Waals surface area contributed by atoms with Gasteiger partial charge in [0.25, 0.3) is 0 Å². The zero-order valence-corrected chi connectivity index (χ0v) is 10.5. The Kier molecular flexibility index (Phi) is 3.19. The molecule has 0 amide bonds. The smallest absolute Gasteiger partial charge is 0.0111 e. The minimum Gasteiger partial charge on any atom is -0.327 e. The van der Waals surface area contributed by atoms with Crippen molar-refractivity contribution in [2.75, 3.05) is 0 Å². The van der Waals surface area contributed by atoms with Gasteiger partial charge in [-0.1, -0.05) is 56.0 Å². The summed E-state index contributed by atoms with van der Waals surface area (Å²) >= 11 is 0. The lowest BCUT2D eigenvalue weighted by Crippen LogP contribution is -2.40. The molecule has 0 saturated heterocycles. The third kappa shape index (κ3) is 2.26. The van der Waals surface area contributed by atoms with Gasteiger partial charge in [0.05, 0.1) is 0 Å². The Hall–Kier alpha value is -0.820. The van der Waals surface area contributed by atoms with Crippen molar-refractivity contribution < 1.29 is 0 Å². The third-order valence-corrected chi connectivity index (χ3v) is 4.94. The first-order valence-corrected chi connectivity index (χ1v) is 7.15. The maximum absolute atomic E-state index is 6.42. The van der Waals surface area contributed by atoms with E-state index >= 15 is 0 Å². The molecule has 0 aliphatic heterocycles. The number of rotatable bonds is 1. The summed E-state index contributed by atoms with van der Waals surface area (Å²) < 4.78 is 0. The van der Waals surface area contributed by atoms with E-state index in [4.69, 9.17) is 5.73 Å². The lowest BCUT2D eigenvalue weighted by atomic mass is 9.64. The maximum atomic E-state index is 6.42. The van der Waals surface area contributed by atoms with E-state index in [9.17, 15) is 0 Å². The highest BCUT2D eigenvalue weighted by Crippen LogP contribution is 2.45. The van der Waals surface area contributed by atoms with Crippen molar-refractivity contribution in [3.8, 4) is 0 Å². The van der Waals surface area contributed by atoms with Gasteiger partial charge in [-0.05, 0) is 36.2 Å². The number of hydrogen-bond donors (Lipinski definition) is 1. The molecular weight excluding hydrogens is 206 g/mol. The average Bonchev–Trinajstić information content (AvgIpc) is 2.39. The van der Waals surface area contributed by atoms with Gasteiger partial charge in [0.1, 0.15) is 0 Å². The van der Waals surface area contributed by atoms with Crippen LogP contribution >= 0.6 is 0 Å². The summed E-state index contributed by atoms with van der Waals surface area (Å²) in [5.41, 5.74) is 7.88. The van der Waals surface area contributed by atoms with Gasteiger partial charge < -0.3 is 5.73 Å². The first-order chi connectivity index (χ1) is 8.34. The second kappa shape index (κ2) is 4.81. The molecule has 1 aromatic rings. The molecule has 0 bridgehead atoms. The molecule has 0 unspecified atom stereocenters. The summed E-state index contributed by atoms with van der Waals surface area (Å²) in [6.45, 7) is 0. The van der Waals surface area contributed by atoms with E-state index in [1.54, 1.807) is 0 Å². The van der Waals surface area contributed by atoms with Crippen LogP contribution in [0.15, 0.2) is 30.3 Å². The van der Waals surface area contributed by atoms with Crippen molar-refractivity contribution in [3.05, 3.63) is 35.9 Å². The molecule has 1 heteroatoms. The first kappa shape index (κ1) is 11.3. The van der Waals surface area contributed by atoms with Crippen LogP contribution in [-0.4, -0.2) is 6.04 Å². The van der Waals surface area contributed by atoms with Crippen LogP contribution in [0.2, 0.25) is 0 Å². The van der Waals surface area contributed by atoms with Crippen LogP contribution < -0.4 is 5.73 Å². The summed E-state index contributed by atoms with van der Waals surface area (Å²) in [6.07, 6.45) is 8.34. The molecule has 0 heterocycles. The number of nitrogens with two attached hydrogens (primary N) is 1. The van der Waals surface area contributed by atoms with Gasteiger partial charge in [-0.25, -0.2) is 0 Å². The molecule has 3 rings (SSSR count). The van der Waals surface area contributed by atoms with E-state index in [1.807, 2.05) is 0 Å². The molecule has 1 nitrogen and oxygen atoms in total. The Morgan fingerprint density at radius 2 is 1.53 bits per heavy atom. The molecule has 2 aliphatic carbocycles. The van der Waals surface area contributed by atoms with E-state index in [0.717, 1.165) is 11.8 Å². The summed E-state index contributed by atoms with van der Waals surface area (Å²) in [6, 6.07) is 11.3. The maximum Gasteiger partial charge on any atom is 0.0111 e. The summed E-state index contributed by atoms with van der Waals surface area (Å²) in [4.78, 5) is 0. The van der Waals surface area contributed by atoms with Crippen molar-refractivity contribution in [1.29, 1.82) is 0 Å². The lowest BCUT2D eigenvalue weighted by molar-refractivity contribution is 0.139. The summed E-state index contributed by atoms with van der Waals surface area (Å²) in [7, 11) is 0. The number of fused-ring (bicyclic) bond motifs is 1. The van der Waals surface area contributed by atoms with E-state index in [-0.39, 0.29) is 0 Å². The van der Waals surface area contributed by atoms with Gasteiger partial charge in [0.15, 0.2) is 0 Å². The van der Waals surface area contributed by atoms with Crippen molar-refractivity contribution in [2.24, 2.45) is 17.6 Å². The van der Waals surface area contributed by atoms with Crippen LogP contribution in [0.3, 0.4) is 0 Å². The Morgan fingerprint density at radius 3 is 2.24 bits per heavy atom. The molecule has 17 heavy (non-hydrogen) atoms. The number of hydrogen-bond acceptors (Lipinski definition) is 1. The van der Waals surface area contributed by atoms with Crippen LogP contribution in [0.4, 0.5) is 0 Å². The predicted molar refractivity (Wildman–Crippen MR) is 71.8 cm³/mol. The highest BCUT2D eigenvalue weighted by atomic mass is 14.7. The fraction of sp³-hybridized carbons (Fsp3) is 0.625. The number of benzene rings is 1. The van der Waals surface area contributed by atoms with Crippen LogP contribution in [-0.2, 0) is 0 Å². The van der Waals surface area contributed by atoms with Crippen LogP contribution in [0.1, 0.15) is 50.0 Å². The molecule has 0 spiro atoms. The predicted octanol–water partition coefficient (Wildman–Crippen LogP) is 3.70. The molecule has 2 N–H and O–H groups in total. The van der Waals surface area contributed by atoms with E-state index in [2.05, 4.69) is 30.3 Å². The Bertz CT molecular complexity index is 359. The highest BCUT2D eigenvalue weighted by molar-refractivity contribution is 5.22. The fourth-order valence-corrected chi connectivity index (χ4v) is 4.00. The molecule has 92 valence electrons. The zero-order valence-electron chi connectivity index (χ0n) is 10.5. The van der Waals surface area contributed by atoms with Crippen LogP contribution in [0.5, 0.6) is 0 Å². The monoisotopic (exact) mass is 229 g/mol. The van der Waals surface area contributed by atoms with Gasteiger partial charge in [-0.15, -0.1) is 0 Å². The molecule has 2 aliphatic rings. The van der Waals surface area contributed by atoms with Gasteiger partial charge in [-0.2, -0.15) is 0 Å². The third-order valence-electron chi connectivity index (χ3n) is 4.94. The van der Waals surface area contributed by atoms with E-state index in [1.165, 1.54) is 44.1 Å². The molecule has 4 atom stereocenters. The van der Waals surface area contributed by atoms with Gasteiger partial charge in [0, 0.05) is 6.04 Å². The summed E-state index contributed by atoms with van der Waals surface area (Å²) in [5.74, 6) is 2.49. The average molecular weight is 229 g/mol. The Morgan fingerprint density at radius 1 is 0.882 bits per heavy atom. The van der Waals surface area contributed by atoms with Crippen LogP contribution in [0.25, 0.3) is 0 Å². The van der Waals surface area contributed by atoms with E-state index < -0.39 is 0 Å². The van der Waals surface area contributed by atoms with Gasteiger partial charge >= 0.3 is 0 Å². The molecule has 0 radical (unpaired) electrons. The van der Waals surface area contributed by atoms with Gasteiger partial charge in [-0.3, -0.25) is 0 Å². The largest absolute Gasteiger partial charge is 0.327 e. The van der Waals surface area contributed by atoms with Crippen molar-refractivity contribution in [1.82, 2.24) is 0 Å². The summed E-state index contributed by atoms with van der Waals surface area (Å²) in [5, 5.41) is 0. The van der Waals surface area contributed by atoms with Crippen LogP contribution in [0, 0.1) is 11.8 Å². The molecule has 0 aromatic heterocycles. The second-order valence-corrected chi connectivity index (χ2v) is 5.96. The SMILES string of the molecule is N[C@H]1C[C@H]2CCCC[C@H]2C[C@@H]1c1ccccc1. The molecule has 2 saturated carbocycles. The second-order valence-electron chi connectivity index (χ2n) is 5.96. The highest BCUT2D eigenvalue weighted by Gasteiger charge is 2.36. The normalized spacial score (nSPS) is 37.5. The minimum atomic E-state index is 0.386. The molecular formula is C16H23N. The standard InChI is InChI=1S/C16H23N/c17-16-11-14-9-5-4-8-13(14)10-15(16)12-6-2-1-3-7-12/h1-3,6-7,13-16H,4-5,8-11,17H2/t13-,14+,15+,16-/m0/s1. The molecule has 1 aromatic carbocycles. The molecule has 2 fully saturated rings. The van der Waals surface area contributed by atoms with Crippen molar-refractivity contribution >= 4 is 0 Å². The van der Waals surface area contributed by atoms with Crippen molar-refractivity contribution in [2.45, 2.75) is 50.5 Å². The zero-order chi connectivity index (χ0) is 11.7. The lowest BCUT2D eigenvalue weighted by Gasteiger charge is -2.43. The van der Waals surface area contributed by atoms with Gasteiger partial charge in [0.2, 0.25) is 0 Å². The Balaban J connectivity index is 1.78. The van der Waals surface area contributed by atoms with Crippen molar-refractivity contribution in [3.63, 3.8) is 0 Å². The topological polar surface area (TPSA) is 26.0 Å². The van der Waals surface area contributed by atoms with E-state index in [0.29, 0.717) is 12.0 Å². The first-order valence-electron chi connectivity index (χ1n) is 7.15. The fourth-order valence-electron chi connectivity index (χ4n) is 4.00. The minimum absolute atomic E-state index is 0.386. The Labute approximate surface area is 104 Å². The quantitative estimate of drug-likeness (QED) is 0.780.